The van der Waals surface area contributed by atoms with E-state index in [0.717, 1.165) is 23.3 Å². The molecule has 0 atom stereocenters. The van der Waals surface area contributed by atoms with Crippen LogP contribution in [0.15, 0.2) is 54.9 Å². The first kappa shape index (κ1) is 13.5. The van der Waals surface area contributed by atoms with Crippen LogP contribution in [0, 0.1) is 0 Å². The number of hydrogen-bond acceptors (Lipinski definition) is 4. The summed E-state index contributed by atoms with van der Waals surface area (Å²) in [5.74, 6) is 0.395. The number of carbonyl (C=O) groups excluding carboxylic acids is 1. The van der Waals surface area contributed by atoms with E-state index < -0.39 is 0 Å². The van der Waals surface area contributed by atoms with Gasteiger partial charge in [0.05, 0.1) is 12.4 Å². The number of benzene rings is 1. The Morgan fingerprint density at radius 1 is 1.10 bits per heavy atom. The fourth-order valence-electron chi connectivity index (χ4n) is 2.11. The Labute approximate surface area is 126 Å². The summed E-state index contributed by atoms with van der Waals surface area (Å²) in [5.41, 5.74) is 2.39. The molecule has 0 N–H and O–H groups in total. The molecule has 0 saturated heterocycles. The first-order chi connectivity index (χ1) is 10.3. The molecule has 3 rings (SSSR count). The molecule has 0 aliphatic carbocycles. The lowest BCUT2D eigenvalue weighted by Gasteiger charge is -2.01. The summed E-state index contributed by atoms with van der Waals surface area (Å²) in [4.78, 5) is 15.1. The van der Waals surface area contributed by atoms with E-state index >= 15 is 0 Å². The maximum absolute atomic E-state index is 11.3. The van der Waals surface area contributed by atoms with Crippen LogP contribution in [0.3, 0.4) is 0 Å². The molecular formula is C16H12N2O2S. The van der Waals surface area contributed by atoms with Crippen molar-refractivity contribution in [1.82, 2.24) is 4.98 Å². The molecule has 104 valence electrons. The molecule has 0 radical (unpaired) electrons. The molecule has 0 fully saturated rings. The molecule has 3 aromatic rings. The minimum Gasteiger partial charge on any atom is -0.831 e. The fraction of sp³-hybridized carbons (Fsp3) is 0.0625. The number of aromatic nitrogens is 2. The maximum atomic E-state index is 11.3. The monoisotopic (exact) mass is 296 g/mol. The van der Waals surface area contributed by atoms with Gasteiger partial charge in [0.15, 0.2) is 16.4 Å². The average Bonchev–Trinajstić information content (AvgIpc) is 2.90. The summed E-state index contributed by atoms with van der Waals surface area (Å²) < 4.78 is 1.69. The van der Waals surface area contributed by atoms with Crippen LogP contribution in [-0.2, 0) is 6.42 Å². The highest BCUT2D eigenvalue weighted by Gasteiger charge is 2.17. The van der Waals surface area contributed by atoms with Crippen LogP contribution in [0.25, 0.3) is 5.82 Å². The van der Waals surface area contributed by atoms with Gasteiger partial charge in [0.1, 0.15) is 0 Å². The predicted molar refractivity (Wildman–Crippen MR) is 77.7 cm³/mol. The van der Waals surface area contributed by atoms with Crippen molar-refractivity contribution in [3.8, 4) is 11.0 Å². The van der Waals surface area contributed by atoms with Crippen molar-refractivity contribution in [2.45, 2.75) is 6.42 Å². The molecular weight excluding hydrogens is 284 g/mol. The Hall–Kier alpha value is -2.53. The maximum Gasteiger partial charge on any atom is 0.348 e. The summed E-state index contributed by atoms with van der Waals surface area (Å²) >= 11 is 0.860. The van der Waals surface area contributed by atoms with Crippen molar-refractivity contribution in [2.24, 2.45) is 0 Å². The van der Waals surface area contributed by atoms with Crippen LogP contribution >= 0.6 is 11.3 Å². The highest BCUT2D eigenvalue weighted by molar-refractivity contribution is 7.15. The van der Waals surface area contributed by atoms with E-state index in [4.69, 9.17) is 0 Å². The third kappa shape index (κ3) is 2.98. The van der Waals surface area contributed by atoms with Crippen LogP contribution in [0.2, 0.25) is 0 Å². The molecule has 0 aliphatic heterocycles. The minimum atomic E-state index is -0.354. The third-order valence-electron chi connectivity index (χ3n) is 3.12. The molecule has 0 bridgehead atoms. The molecule has 0 saturated carbocycles. The Balaban J connectivity index is 1.85. The van der Waals surface area contributed by atoms with Gasteiger partial charge in [-0.1, -0.05) is 41.7 Å². The summed E-state index contributed by atoms with van der Waals surface area (Å²) in [6.07, 6.45) is 5.14. The lowest BCUT2D eigenvalue weighted by atomic mass is 10.1. The van der Waals surface area contributed by atoms with Crippen molar-refractivity contribution in [1.29, 1.82) is 0 Å². The first-order valence-corrected chi connectivity index (χ1v) is 7.25. The van der Waals surface area contributed by atoms with Gasteiger partial charge in [-0.3, -0.25) is 4.79 Å². The topological polar surface area (TPSA) is 56.9 Å². The lowest BCUT2D eigenvalue weighted by Crippen LogP contribution is -2.31. The van der Waals surface area contributed by atoms with E-state index in [9.17, 15) is 9.90 Å². The van der Waals surface area contributed by atoms with Crippen LogP contribution in [0.1, 0.15) is 20.8 Å². The molecule has 21 heavy (non-hydrogen) atoms. The van der Waals surface area contributed by atoms with Crippen molar-refractivity contribution in [2.75, 3.05) is 0 Å². The smallest absolute Gasteiger partial charge is 0.348 e. The summed E-state index contributed by atoms with van der Waals surface area (Å²) in [6, 6.07) is 14.1. The van der Waals surface area contributed by atoms with Gasteiger partial charge in [0.2, 0.25) is 0 Å². The normalized spacial score (nSPS) is 10.5. The summed E-state index contributed by atoms with van der Waals surface area (Å²) in [5, 5.41) is 10.9. The van der Waals surface area contributed by atoms with E-state index in [0.29, 0.717) is 17.0 Å². The number of rotatable bonds is 4. The predicted octanol–water partition coefficient (Wildman–Crippen LogP) is 1.90. The Bertz CT molecular complexity index is 752. The van der Waals surface area contributed by atoms with E-state index in [1.54, 1.807) is 4.57 Å². The molecule has 2 aromatic heterocycles. The standard InChI is InChI=1S/C16H12N2O2S/c19-11-14-15(17-16(20)21-14)18-8-6-13(7-9-18)10-12-4-2-1-3-5-12/h1-9,11H,10H2. The summed E-state index contributed by atoms with van der Waals surface area (Å²) in [6.45, 7) is 0. The minimum absolute atomic E-state index is 0.348. The zero-order chi connectivity index (χ0) is 14.7. The Morgan fingerprint density at radius 3 is 2.43 bits per heavy atom. The second-order valence-electron chi connectivity index (χ2n) is 4.56. The van der Waals surface area contributed by atoms with Crippen LogP contribution in [-0.4, -0.2) is 11.3 Å². The van der Waals surface area contributed by atoms with Crippen molar-refractivity contribution in [3.05, 3.63) is 70.9 Å². The Morgan fingerprint density at radius 2 is 1.76 bits per heavy atom. The highest BCUT2D eigenvalue weighted by Crippen LogP contribution is 2.19. The summed E-state index contributed by atoms with van der Waals surface area (Å²) in [7, 11) is 0. The van der Waals surface area contributed by atoms with Crippen molar-refractivity contribution in [3.63, 3.8) is 0 Å². The average molecular weight is 296 g/mol. The van der Waals surface area contributed by atoms with Gasteiger partial charge in [-0.2, -0.15) is 0 Å². The number of hydrogen-bond donors (Lipinski definition) is 0. The van der Waals surface area contributed by atoms with Crippen LogP contribution in [0.4, 0.5) is 0 Å². The number of carbonyl (C=O) groups is 1. The Kier molecular flexibility index (Phi) is 3.75. The first-order valence-electron chi connectivity index (χ1n) is 6.44. The van der Waals surface area contributed by atoms with Gasteiger partial charge < -0.3 is 5.11 Å². The number of pyridine rings is 1. The molecule has 5 heteroatoms. The lowest BCUT2D eigenvalue weighted by molar-refractivity contribution is -0.599. The van der Waals surface area contributed by atoms with Crippen molar-refractivity contribution < 1.29 is 14.5 Å². The van der Waals surface area contributed by atoms with Gasteiger partial charge in [-0.15, -0.1) is 0 Å². The number of thiazole rings is 1. The van der Waals surface area contributed by atoms with Crippen LogP contribution < -0.4 is 9.67 Å². The molecule has 0 aliphatic rings. The molecule has 2 heterocycles. The van der Waals surface area contributed by atoms with Gasteiger partial charge in [0, 0.05) is 0 Å². The quantitative estimate of drug-likeness (QED) is 0.546. The molecule has 0 spiro atoms. The SMILES string of the molecule is O=Cc1sc([O-])nc1-[n+]1ccc(Cc2ccccc2)cc1. The number of aldehydes is 1. The molecule has 1 aromatic carbocycles. The largest absolute Gasteiger partial charge is 0.831 e. The second kappa shape index (κ2) is 5.85. The fourth-order valence-corrected chi connectivity index (χ4v) is 2.72. The highest BCUT2D eigenvalue weighted by atomic mass is 32.1. The zero-order valence-electron chi connectivity index (χ0n) is 11.1. The number of nitrogens with zero attached hydrogens (tertiary/aromatic N) is 2. The van der Waals surface area contributed by atoms with Gasteiger partial charge in [-0.05, 0) is 34.7 Å². The van der Waals surface area contributed by atoms with E-state index in [1.807, 2.05) is 42.7 Å². The second-order valence-corrected chi connectivity index (χ2v) is 5.55. The van der Waals surface area contributed by atoms with E-state index in [2.05, 4.69) is 17.1 Å². The van der Waals surface area contributed by atoms with Gasteiger partial charge in [-0.25, -0.2) is 4.57 Å². The van der Waals surface area contributed by atoms with Gasteiger partial charge >= 0.3 is 5.82 Å². The molecule has 0 unspecified atom stereocenters. The van der Waals surface area contributed by atoms with E-state index in [-0.39, 0.29) is 5.19 Å². The zero-order valence-corrected chi connectivity index (χ0v) is 11.9. The molecule has 4 nitrogen and oxygen atoms in total. The van der Waals surface area contributed by atoms with Crippen molar-refractivity contribution >= 4 is 17.6 Å². The van der Waals surface area contributed by atoms with E-state index in [1.165, 1.54) is 5.56 Å². The van der Waals surface area contributed by atoms with Gasteiger partial charge in [0.25, 0.3) is 0 Å². The molecule has 0 amide bonds. The van der Waals surface area contributed by atoms with Crippen LogP contribution in [0.5, 0.6) is 5.19 Å². The third-order valence-corrected chi connectivity index (χ3v) is 3.88.